The van der Waals surface area contributed by atoms with Crippen LogP contribution in [0.25, 0.3) is 0 Å². The van der Waals surface area contributed by atoms with Gasteiger partial charge >= 0.3 is 5.97 Å². The first-order chi connectivity index (χ1) is 13.3. The molecule has 0 saturated heterocycles. The molecule has 0 unspecified atom stereocenters. The maximum atomic E-state index is 13.6. The van der Waals surface area contributed by atoms with Crippen LogP contribution in [0.2, 0.25) is 0 Å². The van der Waals surface area contributed by atoms with Gasteiger partial charge in [0.05, 0.1) is 11.7 Å². The van der Waals surface area contributed by atoms with Gasteiger partial charge in [-0.25, -0.2) is 13.6 Å². The molecule has 1 aromatic carbocycles. The van der Waals surface area contributed by atoms with Crippen LogP contribution in [0.3, 0.4) is 0 Å². The Bertz CT molecular complexity index is 895. The highest BCUT2D eigenvalue weighted by atomic mass is 32.1. The highest BCUT2D eigenvalue weighted by Crippen LogP contribution is 2.38. The van der Waals surface area contributed by atoms with Crippen molar-refractivity contribution in [1.82, 2.24) is 0 Å². The number of aryl methyl sites for hydroxylation is 1. The molecule has 8 heteroatoms. The van der Waals surface area contributed by atoms with Crippen molar-refractivity contribution in [3.05, 3.63) is 45.8 Å². The summed E-state index contributed by atoms with van der Waals surface area (Å²) in [6.45, 7) is 3.06. The number of carbonyl (C=O) groups excluding carboxylic acids is 2. The molecule has 5 nitrogen and oxygen atoms in total. The van der Waals surface area contributed by atoms with E-state index in [9.17, 15) is 18.4 Å². The predicted octanol–water partition coefficient (Wildman–Crippen LogP) is 4.49. The number of fused-ring (bicyclic) bond motifs is 1. The van der Waals surface area contributed by atoms with Gasteiger partial charge in [-0.1, -0.05) is 0 Å². The van der Waals surface area contributed by atoms with Gasteiger partial charge in [-0.05, 0) is 57.2 Å². The summed E-state index contributed by atoms with van der Waals surface area (Å²) < 4.78 is 37.0. The van der Waals surface area contributed by atoms with Gasteiger partial charge in [-0.2, -0.15) is 0 Å². The summed E-state index contributed by atoms with van der Waals surface area (Å²) in [7, 11) is 0. The molecule has 0 spiro atoms. The molecule has 0 radical (unpaired) electrons. The van der Waals surface area contributed by atoms with Gasteiger partial charge in [0, 0.05) is 10.9 Å². The molecule has 1 heterocycles. The highest BCUT2D eigenvalue weighted by molar-refractivity contribution is 7.17. The van der Waals surface area contributed by atoms with Crippen molar-refractivity contribution in [2.24, 2.45) is 0 Å². The van der Waals surface area contributed by atoms with E-state index in [2.05, 4.69) is 5.32 Å². The SMILES string of the molecule is CC(C)OC(=O)c1c(NC(=O)COc2ccc(F)cc2F)sc2c1CCCC2. The molecule has 2 aromatic rings. The van der Waals surface area contributed by atoms with E-state index >= 15 is 0 Å². The number of anilines is 1. The number of hydrogen-bond acceptors (Lipinski definition) is 5. The molecule has 0 saturated carbocycles. The Morgan fingerprint density at radius 1 is 1.21 bits per heavy atom. The van der Waals surface area contributed by atoms with Crippen LogP contribution in [0, 0.1) is 11.6 Å². The molecule has 28 heavy (non-hydrogen) atoms. The van der Waals surface area contributed by atoms with Crippen molar-refractivity contribution < 1.29 is 27.8 Å². The summed E-state index contributed by atoms with van der Waals surface area (Å²) in [5.41, 5.74) is 1.33. The lowest BCUT2D eigenvalue weighted by Crippen LogP contribution is -2.22. The predicted molar refractivity (Wildman–Crippen MR) is 102 cm³/mol. The van der Waals surface area contributed by atoms with E-state index in [1.54, 1.807) is 13.8 Å². The van der Waals surface area contributed by atoms with Crippen molar-refractivity contribution in [2.45, 2.75) is 45.6 Å². The van der Waals surface area contributed by atoms with Crippen molar-refractivity contribution in [3.8, 4) is 5.75 Å². The summed E-state index contributed by atoms with van der Waals surface area (Å²) in [5.74, 6) is -2.84. The zero-order chi connectivity index (χ0) is 20.3. The average Bonchev–Trinajstić information content (AvgIpc) is 2.98. The molecule has 1 aromatic heterocycles. The lowest BCUT2D eigenvalue weighted by Gasteiger charge is -2.14. The summed E-state index contributed by atoms with van der Waals surface area (Å²) in [6.07, 6.45) is 3.36. The van der Waals surface area contributed by atoms with Gasteiger partial charge in [-0.3, -0.25) is 4.79 Å². The standard InChI is InChI=1S/C20H21F2NO4S/c1-11(2)27-20(25)18-13-5-3-4-6-16(13)28-19(18)23-17(24)10-26-15-8-7-12(21)9-14(15)22/h7-9,11H,3-6,10H2,1-2H3,(H,23,24). The number of benzene rings is 1. The second-order valence-corrected chi connectivity index (χ2v) is 7.89. The minimum absolute atomic E-state index is 0.221. The Morgan fingerprint density at radius 2 is 1.96 bits per heavy atom. The normalized spacial score (nSPS) is 13.2. The largest absolute Gasteiger partial charge is 0.481 e. The quantitative estimate of drug-likeness (QED) is 0.714. The summed E-state index contributed by atoms with van der Waals surface area (Å²) >= 11 is 1.36. The van der Waals surface area contributed by atoms with Gasteiger partial charge in [0.1, 0.15) is 10.8 Å². The molecule has 1 aliphatic rings. The molecule has 1 aliphatic carbocycles. The first-order valence-electron chi connectivity index (χ1n) is 9.08. The Kier molecular flexibility index (Phi) is 6.28. The molecule has 0 fully saturated rings. The number of ether oxygens (including phenoxy) is 2. The van der Waals surface area contributed by atoms with Crippen LogP contribution in [0.1, 0.15) is 47.5 Å². The number of halogens is 2. The van der Waals surface area contributed by atoms with Crippen LogP contribution >= 0.6 is 11.3 Å². The minimum atomic E-state index is -0.888. The number of carbonyl (C=O) groups is 2. The molecule has 150 valence electrons. The number of esters is 1. The third-order valence-electron chi connectivity index (χ3n) is 4.22. The van der Waals surface area contributed by atoms with E-state index in [-0.39, 0.29) is 11.9 Å². The Hall–Kier alpha value is -2.48. The second kappa shape index (κ2) is 8.68. The fraction of sp³-hybridized carbons (Fsp3) is 0.400. The maximum absolute atomic E-state index is 13.6. The van der Waals surface area contributed by atoms with Crippen molar-refractivity contribution in [1.29, 1.82) is 0 Å². The molecular formula is C20H21F2NO4S. The first-order valence-corrected chi connectivity index (χ1v) is 9.90. The van der Waals surface area contributed by atoms with E-state index in [0.717, 1.165) is 48.3 Å². The summed E-state index contributed by atoms with van der Waals surface area (Å²) in [6, 6.07) is 2.84. The lowest BCUT2D eigenvalue weighted by atomic mass is 9.95. The Labute approximate surface area is 165 Å². The fourth-order valence-electron chi connectivity index (χ4n) is 3.04. The maximum Gasteiger partial charge on any atom is 0.341 e. The average molecular weight is 409 g/mol. The topological polar surface area (TPSA) is 64.6 Å². The minimum Gasteiger partial charge on any atom is -0.481 e. The van der Waals surface area contributed by atoms with Crippen LogP contribution in [-0.2, 0) is 22.4 Å². The monoisotopic (exact) mass is 409 g/mol. The zero-order valence-corrected chi connectivity index (χ0v) is 16.5. The number of rotatable bonds is 6. The summed E-state index contributed by atoms with van der Waals surface area (Å²) in [5, 5.41) is 3.10. The smallest absolute Gasteiger partial charge is 0.341 e. The van der Waals surface area contributed by atoms with Crippen molar-refractivity contribution in [3.63, 3.8) is 0 Å². The van der Waals surface area contributed by atoms with Crippen LogP contribution in [0.15, 0.2) is 18.2 Å². The fourth-order valence-corrected chi connectivity index (χ4v) is 4.33. The van der Waals surface area contributed by atoms with Crippen LogP contribution in [-0.4, -0.2) is 24.6 Å². The molecule has 0 aliphatic heterocycles. The van der Waals surface area contributed by atoms with Crippen LogP contribution in [0.5, 0.6) is 5.75 Å². The zero-order valence-electron chi connectivity index (χ0n) is 15.6. The summed E-state index contributed by atoms with van der Waals surface area (Å²) in [4.78, 5) is 25.9. The Morgan fingerprint density at radius 3 is 2.68 bits per heavy atom. The number of amides is 1. The van der Waals surface area contributed by atoms with Gasteiger partial charge in [0.2, 0.25) is 0 Å². The van der Waals surface area contributed by atoms with E-state index in [4.69, 9.17) is 9.47 Å². The molecule has 1 N–H and O–H groups in total. The van der Waals surface area contributed by atoms with E-state index in [0.29, 0.717) is 16.6 Å². The molecule has 0 bridgehead atoms. The number of thiophene rings is 1. The van der Waals surface area contributed by atoms with E-state index in [1.165, 1.54) is 11.3 Å². The molecule has 3 rings (SSSR count). The van der Waals surface area contributed by atoms with Gasteiger partial charge in [-0.15, -0.1) is 11.3 Å². The van der Waals surface area contributed by atoms with Gasteiger partial charge < -0.3 is 14.8 Å². The highest BCUT2D eigenvalue weighted by Gasteiger charge is 2.28. The first kappa shape index (κ1) is 20.3. The van der Waals surface area contributed by atoms with Crippen molar-refractivity contribution >= 4 is 28.2 Å². The third-order valence-corrected chi connectivity index (χ3v) is 5.43. The van der Waals surface area contributed by atoms with Crippen LogP contribution in [0.4, 0.5) is 13.8 Å². The van der Waals surface area contributed by atoms with Crippen LogP contribution < -0.4 is 10.1 Å². The Balaban J connectivity index is 1.74. The lowest BCUT2D eigenvalue weighted by molar-refractivity contribution is -0.118. The second-order valence-electron chi connectivity index (χ2n) is 6.78. The molecule has 0 atom stereocenters. The van der Waals surface area contributed by atoms with Gasteiger partial charge in [0.25, 0.3) is 5.91 Å². The van der Waals surface area contributed by atoms with Gasteiger partial charge in [0.15, 0.2) is 18.2 Å². The number of nitrogens with one attached hydrogen (secondary N) is 1. The third kappa shape index (κ3) is 4.67. The molecular weight excluding hydrogens is 388 g/mol. The number of hydrogen-bond donors (Lipinski definition) is 1. The molecule has 1 amide bonds. The van der Waals surface area contributed by atoms with Crippen molar-refractivity contribution in [2.75, 3.05) is 11.9 Å². The van der Waals surface area contributed by atoms with E-state index < -0.39 is 30.1 Å². The van der Waals surface area contributed by atoms with E-state index in [1.807, 2.05) is 0 Å².